The zero-order valence-electron chi connectivity index (χ0n) is 12.6. The van der Waals surface area contributed by atoms with Gasteiger partial charge in [-0.25, -0.2) is 0 Å². The number of hydrogen-bond donors (Lipinski definition) is 0. The number of rotatable bonds is 3. The molecule has 0 saturated carbocycles. The van der Waals surface area contributed by atoms with Crippen molar-refractivity contribution in [2.24, 2.45) is 0 Å². The van der Waals surface area contributed by atoms with Crippen LogP contribution in [0.3, 0.4) is 0 Å². The maximum absolute atomic E-state index is 6.45. The summed E-state index contributed by atoms with van der Waals surface area (Å²) in [6.07, 6.45) is 0. The first-order chi connectivity index (χ1) is 10.8. The lowest BCUT2D eigenvalue weighted by molar-refractivity contribution is 0.289. The Kier molecular flexibility index (Phi) is 2.91. The van der Waals surface area contributed by atoms with Crippen molar-refractivity contribution < 1.29 is 4.74 Å². The molecular weight excluding hydrogens is 268 g/mol. The lowest BCUT2D eigenvalue weighted by Crippen LogP contribution is -2.21. The minimum atomic E-state index is -0.406. The highest BCUT2D eigenvalue weighted by Crippen LogP contribution is 2.65. The normalized spacial score (nSPS) is 22.2. The number of epoxide rings is 1. The molecule has 0 spiro atoms. The molecule has 3 aromatic carbocycles. The van der Waals surface area contributed by atoms with Crippen LogP contribution in [0.4, 0.5) is 0 Å². The van der Waals surface area contributed by atoms with Gasteiger partial charge in [-0.15, -0.1) is 0 Å². The first-order valence-electron chi connectivity index (χ1n) is 7.64. The molecular formula is C21H18O. The van der Waals surface area contributed by atoms with Crippen LogP contribution >= 0.6 is 0 Å². The Labute approximate surface area is 131 Å². The van der Waals surface area contributed by atoms with Crippen molar-refractivity contribution in [1.82, 2.24) is 0 Å². The summed E-state index contributed by atoms with van der Waals surface area (Å²) in [7, 11) is 0. The SMILES string of the molecule is CC1(c2ccccc2)OC1(c1ccccc1)c1ccccc1. The molecule has 0 aromatic heterocycles. The molecule has 0 radical (unpaired) electrons. The monoisotopic (exact) mass is 286 g/mol. The summed E-state index contributed by atoms with van der Waals surface area (Å²) in [5, 5.41) is 0. The van der Waals surface area contributed by atoms with Crippen molar-refractivity contribution in [2.45, 2.75) is 18.1 Å². The first-order valence-corrected chi connectivity index (χ1v) is 7.64. The van der Waals surface area contributed by atoms with Crippen molar-refractivity contribution in [1.29, 1.82) is 0 Å². The molecule has 1 fully saturated rings. The molecule has 3 aromatic rings. The molecule has 1 atom stereocenters. The van der Waals surface area contributed by atoms with Gasteiger partial charge in [0.25, 0.3) is 0 Å². The minimum Gasteiger partial charge on any atom is -0.347 e. The van der Waals surface area contributed by atoms with Crippen LogP contribution < -0.4 is 0 Å². The van der Waals surface area contributed by atoms with Gasteiger partial charge < -0.3 is 4.74 Å². The quantitative estimate of drug-likeness (QED) is 0.625. The van der Waals surface area contributed by atoms with E-state index in [1.807, 2.05) is 18.2 Å². The van der Waals surface area contributed by atoms with Crippen LogP contribution in [0, 0.1) is 0 Å². The second kappa shape index (κ2) is 4.82. The van der Waals surface area contributed by atoms with Crippen molar-refractivity contribution in [3.8, 4) is 0 Å². The average Bonchev–Trinajstić information content (AvgIpc) is 3.26. The van der Waals surface area contributed by atoms with Gasteiger partial charge in [0.15, 0.2) is 5.60 Å². The van der Waals surface area contributed by atoms with Crippen LogP contribution in [0.1, 0.15) is 23.6 Å². The van der Waals surface area contributed by atoms with E-state index >= 15 is 0 Å². The van der Waals surface area contributed by atoms with Gasteiger partial charge in [-0.05, 0) is 23.6 Å². The summed E-state index contributed by atoms with van der Waals surface area (Å²) in [6, 6.07) is 31.5. The van der Waals surface area contributed by atoms with Gasteiger partial charge >= 0.3 is 0 Å². The summed E-state index contributed by atoms with van der Waals surface area (Å²) in [5.41, 5.74) is 2.87. The van der Waals surface area contributed by atoms with Gasteiger partial charge in [0.2, 0.25) is 0 Å². The summed E-state index contributed by atoms with van der Waals surface area (Å²) in [4.78, 5) is 0. The zero-order chi connectivity index (χ0) is 15.0. The van der Waals surface area contributed by atoms with Crippen molar-refractivity contribution in [2.75, 3.05) is 0 Å². The van der Waals surface area contributed by atoms with E-state index in [1.165, 1.54) is 16.7 Å². The average molecular weight is 286 g/mol. The van der Waals surface area contributed by atoms with E-state index in [0.29, 0.717) is 0 Å². The predicted octanol–water partition coefficient (Wildman–Crippen LogP) is 4.88. The highest BCUT2D eigenvalue weighted by Gasteiger charge is 2.69. The number of benzene rings is 3. The van der Waals surface area contributed by atoms with Crippen LogP contribution in [-0.4, -0.2) is 0 Å². The highest BCUT2D eigenvalue weighted by atomic mass is 16.6. The Morgan fingerprint density at radius 3 is 1.32 bits per heavy atom. The Balaban J connectivity index is 1.91. The Bertz CT molecular complexity index is 725. The zero-order valence-corrected chi connectivity index (χ0v) is 12.6. The molecule has 1 heteroatoms. The van der Waals surface area contributed by atoms with Crippen LogP contribution in [0.5, 0.6) is 0 Å². The Morgan fingerprint density at radius 1 is 0.545 bits per heavy atom. The van der Waals surface area contributed by atoms with E-state index in [-0.39, 0.29) is 5.60 Å². The maximum atomic E-state index is 6.45. The maximum Gasteiger partial charge on any atom is 0.152 e. The van der Waals surface area contributed by atoms with E-state index in [4.69, 9.17) is 4.74 Å². The smallest absolute Gasteiger partial charge is 0.152 e. The van der Waals surface area contributed by atoms with Gasteiger partial charge in [0.05, 0.1) is 0 Å². The second-order valence-corrected chi connectivity index (χ2v) is 5.91. The van der Waals surface area contributed by atoms with Crippen LogP contribution in [0.15, 0.2) is 91.0 Å². The minimum absolute atomic E-state index is 0.336. The summed E-state index contributed by atoms with van der Waals surface area (Å²) in [5.74, 6) is 0. The van der Waals surface area contributed by atoms with Crippen LogP contribution in [0.2, 0.25) is 0 Å². The van der Waals surface area contributed by atoms with E-state index in [0.717, 1.165) is 0 Å². The van der Waals surface area contributed by atoms with Crippen molar-refractivity contribution in [3.05, 3.63) is 108 Å². The van der Waals surface area contributed by atoms with Gasteiger partial charge in [-0.2, -0.15) is 0 Å². The second-order valence-electron chi connectivity index (χ2n) is 5.91. The van der Waals surface area contributed by atoms with Gasteiger partial charge in [-0.1, -0.05) is 91.0 Å². The molecule has 0 N–H and O–H groups in total. The molecule has 1 aliphatic rings. The fourth-order valence-electron chi connectivity index (χ4n) is 3.48. The van der Waals surface area contributed by atoms with E-state index in [2.05, 4.69) is 79.7 Å². The molecule has 1 nitrogen and oxygen atoms in total. The van der Waals surface area contributed by atoms with Crippen LogP contribution in [-0.2, 0) is 15.9 Å². The molecule has 1 unspecified atom stereocenters. The highest BCUT2D eigenvalue weighted by molar-refractivity contribution is 5.50. The molecule has 1 saturated heterocycles. The van der Waals surface area contributed by atoms with Crippen LogP contribution in [0.25, 0.3) is 0 Å². The van der Waals surface area contributed by atoms with Crippen molar-refractivity contribution >= 4 is 0 Å². The fourth-order valence-corrected chi connectivity index (χ4v) is 3.48. The van der Waals surface area contributed by atoms with E-state index in [9.17, 15) is 0 Å². The summed E-state index contributed by atoms with van der Waals surface area (Å²) in [6.45, 7) is 2.18. The molecule has 108 valence electrons. The Hall–Kier alpha value is -2.38. The topological polar surface area (TPSA) is 12.5 Å². The Morgan fingerprint density at radius 2 is 0.909 bits per heavy atom. The van der Waals surface area contributed by atoms with Gasteiger partial charge in [0.1, 0.15) is 5.60 Å². The van der Waals surface area contributed by atoms with Crippen molar-refractivity contribution in [3.63, 3.8) is 0 Å². The standard InChI is InChI=1S/C21H18O/c1-20(17-11-5-2-6-12-17)21(22-20,18-13-7-3-8-14-18)19-15-9-4-10-16-19/h2-16H,1H3. The molecule has 1 aliphatic heterocycles. The van der Waals surface area contributed by atoms with Gasteiger partial charge in [0, 0.05) is 0 Å². The molecule has 0 bridgehead atoms. The molecule has 1 heterocycles. The largest absolute Gasteiger partial charge is 0.347 e. The molecule has 0 aliphatic carbocycles. The third-order valence-electron chi connectivity index (χ3n) is 4.67. The van der Waals surface area contributed by atoms with Gasteiger partial charge in [-0.3, -0.25) is 0 Å². The molecule has 0 amide bonds. The third-order valence-corrected chi connectivity index (χ3v) is 4.67. The lowest BCUT2D eigenvalue weighted by atomic mass is 9.78. The summed E-state index contributed by atoms with van der Waals surface area (Å²) >= 11 is 0. The first kappa shape index (κ1) is 13.3. The predicted molar refractivity (Wildman–Crippen MR) is 88.5 cm³/mol. The molecule has 4 rings (SSSR count). The number of hydrogen-bond acceptors (Lipinski definition) is 1. The van der Waals surface area contributed by atoms with E-state index in [1.54, 1.807) is 0 Å². The third kappa shape index (κ3) is 1.76. The number of ether oxygens (including phenoxy) is 1. The molecule has 22 heavy (non-hydrogen) atoms. The fraction of sp³-hybridized carbons (Fsp3) is 0.143. The summed E-state index contributed by atoms with van der Waals surface area (Å²) < 4.78 is 6.45. The van der Waals surface area contributed by atoms with E-state index < -0.39 is 5.60 Å². The lowest BCUT2D eigenvalue weighted by Gasteiger charge is -2.19.